The van der Waals surface area contributed by atoms with Gasteiger partial charge in [-0.25, -0.2) is 0 Å². The largest absolute Gasteiger partial charge is 0.353 e. The van der Waals surface area contributed by atoms with Gasteiger partial charge in [-0.3, -0.25) is 4.79 Å². The standard InChI is InChI=1S/C17H29N3O/c1-14(2)18-11-10-17(21)20-13-6-4-5-8-16(20)15-9-7-12-19(15)3/h7,9,12,14,16,18H,4-6,8,10-11,13H2,1-3H3. The molecule has 1 aromatic heterocycles. The third-order valence-electron chi connectivity index (χ3n) is 4.29. The van der Waals surface area contributed by atoms with Gasteiger partial charge in [-0.15, -0.1) is 0 Å². The predicted molar refractivity (Wildman–Crippen MR) is 86.1 cm³/mol. The summed E-state index contributed by atoms with van der Waals surface area (Å²) in [7, 11) is 2.07. The maximum absolute atomic E-state index is 12.6. The van der Waals surface area contributed by atoms with Crippen molar-refractivity contribution in [1.82, 2.24) is 14.8 Å². The van der Waals surface area contributed by atoms with Crippen LogP contribution in [0.25, 0.3) is 0 Å². The number of likely N-dealkylation sites (tertiary alicyclic amines) is 1. The van der Waals surface area contributed by atoms with Gasteiger partial charge in [0.05, 0.1) is 6.04 Å². The zero-order valence-corrected chi connectivity index (χ0v) is 13.6. The first kappa shape index (κ1) is 16.1. The Balaban J connectivity index is 2.05. The molecule has 1 unspecified atom stereocenters. The van der Waals surface area contributed by atoms with Crippen molar-refractivity contribution in [2.45, 2.75) is 58.0 Å². The summed E-state index contributed by atoms with van der Waals surface area (Å²) in [6.45, 7) is 5.90. The topological polar surface area (TPSA) is 37.3 Å². The van der Waals surface area contributed by atoms with Crippen LogP contribution in [0.15, 0.2) is 18.3 Å². The summed E-state index contributed by atoms with van der Waals surface area (Å²) < 4.78 is 2.16. The van der Waals surface area contributed by atoms with Crippen molar-refractivity contribution in [3.63, 3.8) is 0 Å². The summed E-state index contributed by atoms with van der Waals surface area (Å²) in [4.78, 5) is 14.7. The van der Waals surface area contributed by atoms with E-state index in [1.165, 1.54) is 18.5 Å². The molecule has 4 heteroatoms. The first-order valence-electron chi connectivity index (χ1n) is 8.23. The number of carbonyl (C=O) groups excluding carboxylic acids is 1. The second-order valence-corrected chi connectivity index (χ2v) is 6.36. The first-order chi connectivity index (χ1) is 10.1. The Morgan fingerprint density at radius 3 is 2.86 bits per heavy atom. The van der Waals surface area contributed by atoms with Gasteiger partial charge in [0.1, 0.15) is 0 Å². The van der Waals surface area contributed by atoms with E-state index in [2.05, 4.69) is 54.0 Å². The molecular weight excluding hydrogens is 262 g/mol. The molecule has 0 aliphatic carbocycles. The molecule has 0 radical (unpaired) electrons. The number of nitrogens with one attached hydrogen (secondary N) is 1. The van der Waals surface area contributed by atoms with E-state index >= 15 is 0 Å². The fourth-order valence-electron chi connectivity index (χ4n) is 3.15. The van der Waals surface area contributed by atoms with Crippen molar-refractivity contribution >= 4 is 5.91 Å². The molecule has 1 fully saturated rings. The number of rotatable bonds is 5. The maximum Gasteiger partial charge on any atom is 0.224 e. The third kappa shape index (κ3) is 4.34. The Bertz CT molecular complexity index is 453. The number of hydrogen-bond donors (Lipinski definition) is 1. The van der Waals surface area contributed by atoms with Crippen LogP contribution >= 0.6 is 0 Å². The third-order valence-corrected chi connectivity index (χ3v) is 4.29. The highest BCUT2D eigenvalue weighted by Crippen LogP contribution is 2.30. The number of aryl methyl sites for hydroxylation is 1. The van der Waals surface area contributed by atoms with Gasteiger partial charge in [0.2, 0.25) is 5.91 Å². The Hall–Kier alpha value is -1.29. The normalized spacial score (nSPS) is 19.8. The maximum atomic E-state index is 12.6. The number of carbonyl (C=O) groups is 1. The van der Waals surface area contributed by atoms with E-state index in [0.717, 1.165) is 25.9 Å². The molecule has 0 bridgehead atoms. The lowest BCUT2D eigenvalue weighted by Gasteiger charge is -2.31. The summed E-state index contributed by atoms with van der Waals surface area (Å²) in [6, 6.07) is 4.91. The van der Waals surface area contributed by atoms with Crippen molar-refractivity contribution in [1.29, 1.82) is 0 Å². The quantitative estimate of drug-likeness (QED) is 0.906. The number of hydrogen-bond acceptors (Lipinski definition) is 2. The number of nitrogens with zero attached hydrogens (tertiary/aromatic N) is 2. The highest BCUT2D eigenvalue weighted by Gasteiger charge is 2.27. The molecule has 1 aromatic rings. The second kappa shape index (κ2) is 7.64. The van der Waals surface area contributed by atoms with Crippen LogP contribution < -0.4 is 5.32 Å². The van der Waals surface area contributed by atoms with Crippen molar-refractivity contribution in [3.05, 3.63) is 24.0 Å². The summed E-state index contributed by atoms with van der Waals surface area (Å²) >= 11 is 0. The minimum absolute atomic E-state index is 0.249. The molecule has 0 saturated carbocycles. The van der Waals surface area contributed by atoms with Gasteiger partial charge in [-0.1, -0.05) is 26.7 Å². The molecule has 0 aromatic carbocycles. The minimum atomic E-state index is 0.249. The van der Waals surface area contributed by atoms with Crippen LogP contribution in [0.4, 0.5) is 0 Å². The summed E-state index contributed by atoms with van der Waals surface area (Å²) in [5.74, 6) is 0.288. The molecule has 1 saturated heterocycles. The average Bonchev–Trinajstić information content (AvgIpc) is 2.72. The SMILES string of the molecule is CC(C)NCCC(=O)N1CCCCCC1c1cccn1C. The van der Waals surface area contributed by atoms with E-state index in [4.69, 9.17) is 0 Å². The average molecular weight is 291 g/mol. The van der Waals surface area contributed by atoms with Crippen molar-refractivity contribution in [2.24, 2.45) is 7.05 Å². The van der Waals surface area contributed by atoms with Gasteiger partial charge in [-0.05, 0) is 25.0 Å². The molecule has 1 atom stereocenters. The lowest BCUT2D eigenvalue weighted by molar-refractivity contribution is -0.133. The molecule has 1 aliphatic heterocycles. The van der Waals surface area contributed by atoms with Crippen molar-refractivity contribution < 1.29 is 4.79 Å². The van der Waals surface area contributed by atoms with E-state index < -0.39 is 0 Å². The first-order valence-corrected chi connectivity index (χ1v) is 8.23. The van der Waals surface area contributed by atoms with Gasteiger partial charge in [0, 0.05) is 44.5 Å². The van der Waals surface area contributed by atoms with Gasteiger partial charge >= 0.3 is 0 Å². The summed E-state index contributed by atoms with van der Waals surface area (Å²) in [5.41, 5.74) is 1.27. The van der Waals surface area contributed by atoms with Gasteiger partial charge in [0.15, 0.2) is 0 Å². The molecule has 4 nitrogen and oxygen atoms in total. The van der Waals surface area contributed by atoms with Gasteiger partial charge in [-0.2, -0.15) is 0 Å². The van der Waals surface area contributed by atoms with Crippen LogP contribution in [0.2, 0.25) is 0 Å². The van der Waals surface area contributed by atoms with Crippen LogP contribution in [-0.4, -0.2) is 34.5 Å². The Morgan fingerprint density at radius 1 is 1.38 bits per heavy atom. The molecule has 21 heavy (non-hydrogen) atoms. The smallest absolute Gasteiger partial charge is 0.224 e. The van der Waals surface area contributed by atoms with E-state index in [9.17, 15) is 4.79 Å². The molecule has 1 amide bonds. The van der Waals surface area contributed by atoms with E-state index in [0.29, 0.717) is 12.5 Å². The fourth-order valence-corrected chi connectivity index (χ4v) is 3.15. The lowest BCUT2D eigenvalue weighted by Crippen LogP contribution is -2.37. The molecule has 1 aliphatic rings. The highest BCUT2D eigenvalue weighted by molar-refractivity contribution is 5.77. The molecule has 118 valence electrons. The van der Waals surface area contributed by atoms with Crippen molar-refractivity contribution in [2.75, 3.05) is 13.1 Å². The number of aromatic nitrogens is 1. The molecule has 0 spiro atoms. The van der Waals surface area contributed by atoms with Crippen LogP contribution in [0.3, 0.4) is 0 Å². The monoisotopic (exact) mass is 291 g/mol. The summed E-state index contributed by atoms with van der Waals surface area (Å²) in [5, 5.41) is 3.34. The zero-order chi connectivity index (χ0) is 15.2. The van der Waals surface area contributed by atoms with Crippen molar-refractivity contribution in [3.8, 4) is 0 Å². The van der Waals surface area contributed by atoms with Crippen LogP contribution in [0.5, 0.6) is 0 Å². The zero-order valence-electron chi connectivity index (χ0n) is 13.6. The Kier molecular flexibility index (Phi) is 5.85. The Labute approximate surface area is 128 Å². The highest BCUT2D eigenvalue weighted by atomic mass is 16.2. The van der Waals surface area contributed by atoms with Crippen LogP contribution in [0.1, 0.15) is 57.7 Å². The fraction of sp³-hybridized carbons (Fsp3) is 0.706. The van der Waals surface area contributed by atoms with E-state index in [1.54, 1.807) is 0 Å². The second-order valence-electron chi connectivity index (χ2n) is 6.36. The van der Waals surface area contributed by atoms with Gasteiger partial charge < -0.3 is 14.8 Å². The molecule has 2 heterocycles. The molecular formula is C17H29N3O. The molecule has 2 rings (SSSR count). The van der Waals surface area contributed by atoms with E-state index in [-0.39, 0.29) is 11.9 Å². The minimum Gasteiger partial charge on any atom is -0.353 e. The summed E-state index contributed by atoms with van der Waals surface area (Å²) in [6.07, 6.45) is 7.33. The molecule has 1 N–H and O–H groups in total. The van der Waals surface area contributed by atoms with Crippen LogP contribution in [0, 0.1) is 0 Å². The lowest BCUT2D eigenvalue weighted by atomic mass is 10.1. The predicted octanol–water partition coefficient (Wildman–Crippen LogP) is 2.86. The Morgan fingerprint density at radius 2 is 2.19 bits per heavy atom. The van der Waals surface area contributed by atoms with E-state index in [1.807, 2.05) is 0 Å². The van der Waals surface area contributed by atoms with Crippen LogP contribution in [-0.2, 0) is 11.8 Å². The van der Waals surface area contributed by atoms with Gasteiger partial charge in [0.25, 0.3) is 0 Å². The number of amides is 1.